The van der Waals surface area contributed by atoms with E-state index < -0.39 is 5.92 Å². The van der Waals surface area contributed by atoms with Crippen LogP contribution in [0.4, 0.5) is 11.4 Å². The molecule has 4 rings (SSSR count). The lowest BCUT2D eigenvalue weighted by Crippen LogP contribution is -2.31. The molecule has 0 unspecified atom stereocenters. The molecule has 0 spiro atoms. The maximum absolute atomic E-state index is 13.4. The van der Waals surface area contributed by atoms with E-state index in [1.807, 2.05) is 30.3 Å². The second-order valence-electron chi connectivity index (χ2n) is 7.90. The van der Waals surface area contributed by atoms with Gasteiger partial charge in [-0.25, -0.2) is 0 Å². The van der Waals surface area contributed by atoms with Gasteiger partial charge in [0.15, 0.2) is 0 Å². The molecular weight excluding hydrogens is 538 g/mol. The topological polar surface area (TPSA) is 107 Å². The number of nitrogens with zero attached hydrogens (tertiary/aromatic N) is 2. The van der Waals surface area contributed by atoms with Gasteiger partial charge < -0.3 is 16.0 Å². The number of nitrogens with one attached hydrogen (secondary N) is 3. The van der Waals surface area contributed by atoms with E-state index in [-0.39, 0.29) is 17.6 Å². The summed E-state index contributed by atoms with van der Waals surface area (Å²) in [5, 5.41) is 19.7. The zero-order valence-electron chi connectivity index (χ0n) is 19.3. The number of pyridine rings is 1. The van der Waals surface area contributed by atoms with Crippen LogP contribution in [0.15, 0.2) is 105 Å². The van der Waals surface area contributed by atoms with Gasteiger partial charge in [-0.2, -0.15) is 5.26 Å². The van der Waals surface area contributed by atoms with Gasteiger partial charge in [-0.15, -0.1) is 0 Å². The molecule has 180 valence electrons. The molecule has 7 nitrogen and oxygen atoms in total. The second-order valence-corrected chi connectivity index (χ2v) is 9.80. The van der Waals surface area contributed by atoms with Crippen molar-refractivity contribution in [1.29, 1.82) is 5.26 Å². The van der Waals surface area contributed by atoms with Crippen molar-refractivity contribution in [3.05, 3.63) is 111 Å². The van der Waals surface area contributed by atoms with Gasteiger partial charge in [0.1, 0.15) is 0 Å². The number of rotatable bonds is 7. The van der Waals surface area contributed by atoms with Crippen LogP contribution in [0, 0.1) is 11.3 Å². The molecule has 0 saturated heterocycles. The minimum atomic E-state index is -0.611. The first kappa shape index (κ1) is 25.2. The van der Waals surface area contributed by atoms with Crippen molar-refractivity contribution in [2.75, 3.05) is 16.4 Å². The molecular formula is C27H22BrN5O2S. The van der Waals surface area contributed by atoms with Crippen LogP contribution in [0.2, 0.25) is 0 Å². The van der Waals surface area contributed by atoms with Gasteiger partial charge in [0.05, 0.1) is 28.3 Å². The number of benzene rings is 2. The summed E-state index contributed by atoms with van der Waals surface area (Å²) in [6.07, 6.45) is 3.26. The lowest BCUT2D eigenvalue weighted by molar-refractivity contribution is -0.114. The van der Waals surface area contributed by atoms with Crippen LogP contribution in [0.25, 0.3) is 0 Å². The molecule has 1 aliphatic rings. The van der Waals surface area contributed by atoms with E-state index in [1.165, 1.54) is 11.8 Å². The first-order valence-electron chi connectivity index (χ1n) is 11.0. The van der Waals surface area contributed by atoms with E-state index >= 15 is 0 Å². The van der Waals surface area contributed by atoms with Gasteiger partial charge in [0, 0.05) is 39.5 Å². The number of anilines is 2. The number of carbonyl (C=O) groups is 2. The van der Waals surface area contributed by atoms with Crippen molar-refractivity contribution >= 4 is 50.9 Å². The zero-order valence-corrected chi connectivity index (χ0v) is 21.7. The number of amides is 2. The van der Waals surface area contributed by atoms with Crippen LogP contribution < -0.4 is 16.0 Å². The monoisotopic (exact) mass is 559 g/mol. The molecule has 1 atom stereocenters. The van der Waals surface area contributed by atoms with Crippen LogP contribution >= 0.6 is 27.7 Å². The van der Waals surface area contributed by atoms with Crippen molar-refractivity contribution in [3.8, 4) is 6.07 Å². The maximum atomic E-state index is 13.4. The van der Waals surface area contributed by atoms with Gasteiger partial charge in [0.2, 0.25) is 5.91 Å². The quantitative estimate of drug-likeness (QED) is 0.350. The lowest BCUT2D eigenvalue weighted by Gasteiger charge is -2.29. The fraction of sp³-hybridized carbons (Fsp3) is 0.111. The van der Waals surface area contributed by atoms with Crippen molar-refractivity contribution < 1.29 is 9.59 Å². The highest BCUT2D eigenvalue weighted by Crippen LogP contribution is 2.40. The third kappa shape index (κ3) is 6.03. The molecule has 1 aromatic heterocycles. The summed E-state index contributed by atoms with van der Waals surface area (Å²) in [5.74, 6) is -1.03. The molecule has 0 saturated carbocycles. The summed E-state index contributed by atoms with van der Waals surface area (Å²) in [6, 6.07) is 22.3. The van der Waals surface area contributed by atoms with E-state index in [9.17, 15) is 14.9 Å². The highest BCUT2D eigenvalue weighted by atomic mass is 79.9. The molecule has 3 N–H and O–H groups in total. The summed E-state index contributed by atoms with van der Waals surface area (Å²) in [7, 11) is 0. The Kier molecular flexibility index (Phi) is 8.21. The number of hydrogen-bond acceptors (Lipinski definition) is 6. The highest BCUT2D eigenvalue weighted by Gasteiger charge is 2.34. The van der Waals surface area contributed by atoms with Crippen molar-refractivity contribution in [1.82, 2.24) is 10.3 Å². The van der Waals surface area contributed by atoms with Crippen LogP contribution in [0.1, 0.15) is 18.4 Å². The van der Waals surface area contributed by atoms with Crippen LogP contribution in [-0.2, 0) is 9.59 Å². The van der Waals surface area contributed by atoms with E-state index in [2.05, 4.69) is 42.9 Å². The van der Waals surface area contributed by atoms with Crippen molar-refractivity contribution in [2.24, 2.45) is 0 Å². The predicted octanol–water partition coefficient (Wildman–Crippen LogP) is 5.55. The number of carbonyl (C=O) groups excluding carboxylic acids is 2. The fourth-order valence-corrected chi connectivity index (χ4v) is 4.96. The molecule has 36 heavy (non-hydrogen) atoms. The van der Waals surface area contributed by atoms with E-state index in [1.54, 1.807) is 55.7 Å². The third-order valence-electron chi connectivity index (χ3n) is 5.44. The summed E-state index contributed by atoms with van der Waals surface area (Å²) < 4.78 is 0.918. The number of thioether (sulfide) groups is 1. The summed E-state index contributed by atoms with van der Waals surface area (Å²) >= 11 is 4.60. The SMILES string of the molecule is CC1=C(C(=O)Nc2ccccc2)[C@H](c2ccncc2)C(C#N)=C(SCC(=O)Nc2ccc(Br)cc2)N1. The van der Waals surface area contributed by atoms with E-state index in [4.69, 9.17) is 0 Å². The molecule has 0 bridgehead atoms. The van der Waals surface area contributed by atoms with Gasteiger partial charge >= 0.3 is 0 Å². The highest BCUT2D eigenvalue weighted by molar-refractivity contribution is 9.10. The molecule has 0 radical (unpaired) electrons. The van der Waals surface area contributed by atoms with Crippen LogP contribution in [0.5, 0.6) is 0 Å². The number of hydrogen-bond donors (Lipinski definition) is 3. The summed E-state index contributed by atoms with van der Waals surface area (Å²) in [4.78, 5) is 30.1. The normalized spacial score (nSPS) is 15.1. The minimum absolute atomic E-state index is 0.0888. The lowest BCUT2D eigenvalue weighted by atomic mass is 9.82. The summed E-state index contributed by atoms with van der Waals surface area (Å²) in [6.45, 7) is 1.80. The van der Waals surface area contributed by atoms with Gasteiger partial charge in [-0.05, 0) is 61.0 Å². The minimum Gasteiger partial charge on any atom is -0.353 e. The van der Waals surface area contributed by atoms with Crippen LogP contribution in [0.3, 0.4) is 0 Å². The van der Waals surface area contributed by atoms with E-state index in [0.717, 1.165) is 10.0 Å². The number of dihydropyridines is 1. The number of allylic oxidation sites excluding steroid dienone is 2. The molecule has 9 heteroatoms. The average molecular weight is 560 g/mol. The summed E-state index contributed by atoms with van der Waals surface area (Å²) in [5.41, 5.74) is 3.51. The molecule has 0 aliphatic carbocycles. The Morgan fingerprint density at radius 3 is 2.36 bits per heavy atom. The number of para-hydroxylation sites is 1. The Balaban J connectivity index is 1.60. The zero-order chi connectivity index (χ0) is 25.5. The van der Waals surface area contributed by atoms with Gasteiger partial charge in [-0.1, -0.05) is 45.9 Å². The standard InChI is InChI=1S/C27H22BrN5O2S/c1-17-24(26(35)33-20-5-3-2-4-6-20)25(18-11-13-30-14-12-18)22(15-29)27(31-17)36-16-23(34)32-21-9-7-19(28)8-10-21/h2-14,25,31H,16H2,1H3,(H,32,34)(H,33,35)/t25-/m1/s1. The van der Waals surface area contributed by atoms with Crippen molar-refractivity contribution in [2.45, 2.75) is 12.8 Å². The number of nitriles is 1. The number of halogens is 1. The van der Waals surface area contributed by atoms with Crippen LogP contribution in [-0.4, -0.2) is 22.6 Å². The predicted molar refractivity (Wildman–Crippen MR) is 146 cm³/mol. The molecule has 1 aliphatic heterocycles. The largest absolute Gasteiger partial charge is 0.353 e. The Hall–Kier alpha value is -3.87. The first-order valence-corrected chi connectivity index (χ1v) is 12.8. The molecule has 2 amide bonds. The average Bonchev–Trinajstić information content (AvgIpc) is 2.89. The Morgan fingerprint density at radius 2 is 1.69 bits per heavy atom. The fourth-order valence-electron chi connectivity index (χ4n) is 3.80. The maximum Gasteiger partial charge on any atom is 0.254 e. The molecule has 0 fully saturated rings. The molecule has 2 heterocycles. The Bertz CT molecular complexity index is 1370. The Morgan fingerprint density at radius 1 is 1.03 bits per heavy atom. The van der Waals surface area contributed by atoms with E-state index in [0.29, 0.717) is 33.2 Å². The Labute approximate surface area is 221 Å². The third-order valence-corrected chi connectivity index (χ3v) is 6.98. The smallest absolute Gasteiger partial charge is 0.254 e. The number of aromatic nitrogens is 1. The van der Waals surface area contributed by atoms with Crippen molar-refractivity contribution in [3.63, 3.8) is 0 Å². The molecule has 2 aromatic carbocycles. The van der Waals surface area contributed by atoms with Gasteiger partial charge in [-0.3, -0.25) is 14.6 Å². The van der Waals surface area contributed by atoms with Gasteiger partial charge in [0.25, 0.3) is 5.91 Å². The first-order chi connectivity index (χ1) is 17.5. The molecule has 3 aromatic rings. The second kappa shape index (κ2) is 11.7.